The number of piperidine rings is 1. The zero-order valence-electron chi connectivity index (χ0n) is 16.0. The molecule has 1 amide bonds. The molecule has 3 nitrogen and oxygen atoms in total. The molecular formula is C23H27FN2O. The van der Waals surface area contributed by atoms with E-state index in [0.29, 0.717) is 0 Å². The first-order chi connectivity index (χ1) is 13.0. The number of hydrogen-bond acceptors (Lipinski definition) is 2. The molecule has 1 aliphatic rings. The Morgan fingerprint density at radius 2 is 1.74 bits per heavy atom. The van der Waals surface area contributed by atoms with Crippen LogP contribution in [-0.4, -0.2) is 19.0 Å². The Balaban J connectivity index is 1.54. The van der Waals surface area contributed by atoms with E-state index in [1.54, 1.807) is 18.2 Å². The number of carbonyl (C=O) groups is 1. The largest absolute Gasteiger partial charge is 0.372 e. The highest BCUT2D eigenvalue weighted by Gasteiger charge is 2.16. The minimum absolute atomic E-state index is 0.0780. The van der Waals surface area contributed by atoms with E-state index in [1.807, 2.05) is 6.92 Å². The number of nitrogens with zero attached hydrogens (tertiary/aromatic N) is 1. The molecule has 3 rings (SSSR count). The molecule has 1 unspecified atom stereocenters. The number of nitrogens with one attached hydrogen (secondary N) is 1. The van der Waals surface area contributed by atoms with Gasteiger partial charge in [0.2, 0.25) is 5.91 Å². The van der Waals surface area contributed by atoms with Gasteiger partial charge in [-0.1, -0.05) is 31.2 Å². The van der Waals surface area contributed by atoms with Crippen molar-refractivity contribution in [2.45, 2.75) is 32.7 Å². The second-order valence-electron chi connectivity index (χ2n) is 7.38. The first-order valence-corrected chi connectivity index (χ1v) is 9.60. The van der Waals surface area contributed by atoms with Crippen molar-refractivity contribution < 1.29 is 9.18 Å². The van der Waals surface area contributed by atoms with Crippen LogP contribution in [0.4, 0.5) is 10.1 Å². The van der Waals surface area contributed by atoms with Crippen LogP contribution in [0.5, 0.6) is 0 Å². The molecule has 1 heterocycles. The number of halogens is 1. The Kier molecular flexibility index (Phi) is 6.28. The van der Waals surface area contributed by atoms with Crippen molar-refractivity contribution in [2.24, 2.45) is 5.92 Å². The van der Waals surface area contributed by atoms with Crippen LogP contribution in [0.15, 0.2) is 54.6 Å². The number of amides is 1. The zero-order chi connectivity index (χ0) is 19.2. The van der Waals surface area contributed by atoms with Crippen molar-refractivity contribution >= 4 is 17.7 Å². The van der Waals surface area contributed by atoms with E-state index >= 15 is 0 Å². The van der Waals surface area contributed by atoms with Crippen molar-refractivity contribution in [3.05, 3.63) is 71.6 Å². The molecule has 4 heteroatoms. The quantitative estimate of drug-likeness (QED) is 0.759. The van der Waals surface area contributed by atoms with E-state index in [-0.39, 0.29) is 17.8 Å². The fourth-order valence-corrected chi connectivity index (χ4v) is 3.33. The molecule has 0 aliphatic carbocycles. The van der Waals surface area contributed by atoms with Crippen LogP contribution < -0.4 is 10.2 Å². The van der Waals surface area contributed by atoms with Crippen LogP contribution in [0.25, 0.3) is 6.08 Å². The van der Waals surface area contributed by atoms with Gasteiger partial charge >= 0.3 is 0 Å². The fraction of sp³-hybridized carbons (Fsp3) is 0.348. The predicted octanol–water partition coefficient (Wildman–Crippen LogP) is 4.95. The van der Waals surface area contributed by atoms with E-state index < -0.39 is 0 Å². The third-order valence-electron chi connectivity index (χ3n) is 5.20. The summed E-state index contributed by atoms with van der Waals surface area (Å²) in [7, 11) is 0. The smallest absolute Gasteiger partial charge is 0.244 e. The van der Waals surface area contributed by atoms with Crippen molar-refractivity contribution in [3.63, 3.8) is 0 Å². The summed E-state index contributed by atoms with van der Waals surface area (Å²) in [4.78, 5) is 14.6. The maximum Gasteiger partial charge on any atom is 0.244 e. The zero-order valence-corrected chi connectivity index (χ0v) is 16.0. The molecule has 27 heavy (non-hydrogen) atoms. The Hall–Kier alpha value is -2.62. The molecule has 1 atom stereocenters. The van der Waals surface area contributed by atoms with Crippen LogP contribution in [-0.2, 0) is 4.79 Å². The van der Waals surface area contributed by atoms with Gasteiger partial charge in [0, 0.05) is 24.9 Å². The number of rotatable bonds is 5. The van der Waals surface area contributed by atoms with Gasteiger partial charge in [0.1, 0.15) is 5.82 Å². The highest BCUT2D eigenvalue weighted by molar-refractivity contribution is 5.91. The number of hydrogen-bond donors (Lipinski definition) is 1. The van der Waals surface area contributed by atoms with Crippen LogP contribution in [0, 0.1) is 11.7 Å². The molecule has 0 aromatic heterocycles. The topological polar surface area (TPSA) is 32.3 Å². The summed E-state index contributed by atoms with van der Waals surface area (Å²) in [5, 5.41) is 2.97. The molecule has 1 fully saturated rings. The second-order valence-corrected chi connectivity index (χ2v) is 7.38. The molecular weight excluding hydrogens is 339 g/mol. The van der Waals surface area contributed by atoms with Gasteiger partial charge in [-0.2, -0.15) is 0 Å². The number of carbonyl (C=O) groups excluding carboxylic acids is 1. The predicted molar refractivity (Wildman–Crippen MR) is 109 cm³/mol. The van der Waals surface area contributed by atoms with E-state index in [9.17, 15) is 9.18 Å². The monoisotopic (exact) mass is 366 g/mol. The summed E-state index contributed by atoms with van der Waals surface area (Å²) in [5.41, 5.74) is 3.12. The van der Waals surface area contributed by atoms with Gasteiger partial charge in [0.05, 0.1) is 6.04 Å². The molecule has 0 bridgehead atoms. The highest BCUT2D eigenvalue weighted by atomic mass is 19.1. The minimum Gasteiger partial charge on any atom is -0.372 e. The van der Waals surface area contributed by atoms with Crippen LogP contribution >= 0.6 is 0 Å². The lowest BCUT2D eigenvalue weighted by atomic mass is 9.98. The van der Waals surface area contributed by atoms with Gasteiger partial charge in [0.15, 0.2) is 0 Å². The molecule has 142 valence electrons. The normalized spacial score (nSPS) is 16.5. The third-order valence-corrected chi connectivity index (χ3v) is 5.20. The molecule has 1 N–H and O–H groups in total. The average Bonchev–Trinajstić information content (AvgIpc) is 2.68. The summed E-state index contributed by atoms with van der Waals surface area (Å²) in [6.07, 6.45) is 5.65. The summed E-state index contributed by atoms with van der Waals surface area (Å²) in [6.45, 7) is 6.51. The van der Waals surface area contributed by atoms with E-state index in [2.05, 4.69) is 41.4 Å². The first kappa shape index (κ1) is 19.2. The molecule has 2 aromatic carbocycles. The van der Waals surface area contributed by atoms with Crippen molar-refractivity contribution in [1.29, 1.82) is 0 Å². The van der Waals surface area contributed by atoms with Crippen LogP contribution in [0.1, 0.15) is 43.9 Å². The number of benzene rings is 2. The van der Waals surface area contributed by atoms with E-state index in [0.717, 1.165) is 30.1 Å². The molecule has 2 aromatic rings. The Morgan fingerprint density at radius 1 is 1.11 bits per heavy atom. The summed E-state index contributed by atoms with van der Waals surface area (Å²) >= 11 is 0. The maximum absolute atomic E-state index is 12.9. The standard InChI is InChI=1S/C23H27FN2O/c1-17-13-15-26(16-14-17)22-10-6-20(7-11-22)18(2)25-23(27)12-5-19-3-8-21(24)9-4-19/h3-12,17-18H,13-16H2,1-2H3,(H,25,27)/b12-5+. The minimum atomic E-state index is -0.285. The SMILES string of the molecule is CC1CCN(c2ccc(C(C)NC(=O)/C=C/c3ccc(F)cc3)cc2)CC1. The third kappa shape index (κ3) is 5.43. The molecule has 1 saturated heterocycles. The summed E-state index contributed by atoms with van der Waals surface area (Å²) in [5.74, 6) is 0.368. The van der Waals surface area contributed by atoms with Crippen molar-refractivity contribution in [1.82, 2.24) is 5.32 Å². The lowest BCUT2D eigenvalue weighted by Crippen LogP contribution is -2.32. The molecule has 0 saturated carbocycles. The lowest BCUT2D eigenvalue weighted by molar-refractivity contribution is -0.117. The van der Waals surface area contributed by atoms with Crippen LogP contribution in [0.3, 0.4) is 0 Å². The average molecular weight is 366 g/mol. The Morgan fingerprint density at radius 3 is 2.37 bits per heavy atom. The summed E-state index contributed by atoms with van der Waals surface area (Å²) < 4.78 is 12.9. The fourth-order valence-electron chi connectivity index (χ4n) is 3.33. The highest BCUT2D eigenvalue weighted by Crippen LogP contribution is 2.24. The number of anilines is 1. The van der Waals surface area contributed by atoms with Gasteiger partial charge in [-0.05, 0) is 67.2 Å². The van der Waals surface area contributed by atoms with E-state index in [1.165, 1.54) is 36.7 Å². The van der Waals surface area contributed by atoms with Crippen molar-refractivity contribution in [2.75, 3.05) is 18.0 Å². The maximum atomic E-state index is 12.9. The molecule has 0 spiro atoms. The van der Waals surface area contributed by atoms with Gasteiger partial charge in [-0.15, -0.1) is 0 Å². The van der Waals surface area contributed by atoms with Gasteiger partial charge < -0.3 is 10.2 Å². The van der Waals surface area contributed by atoms with E-state index in [4.69, 9.17) is 0 Å². The van der Waals surface area contributed by atoms with Gasteiger partial charge in [0.25, 0.3) is 0 Å². The van der Waals surface area contributed by atoms with Crippen LogP contribution in [0.2, 0.25) is 0 Å². The Labute approximate surface area is 160 Å². The summed E-state index contributed by atoms with van der Waals surface area (Å²) in [6, 6.07) is 14.4. The van der Waals surface area contributed by atoms with Gasteiger partial charge in [-0.25, -0.2) is 4.39 Å². The Bertz CT molecular complexity index is 775. The second kappa shape index (κ2) is 8.85. The molecule has 1 aliphatic heterocycles. The van der Waals surface area contributed by atoms with Crippen molar-refractivity contribution in [3.8, 4) is 0 Å². The van der Waals surface area contributed by atoms with Gasteiger partial charge in [-0.3, -0.25) is 4.79 Å². The molecule has 0 radical (unpaired) electrons. The lowest BCUT2D eigenvalue weighted by Gasteiger charge is -2.32. The first-order valence-electron chi connectivity index (χ1n) is 9.60.